The standard InChI is InChI=1S/C7H6O2S/c1-2-9-7(8)6-3-4-10-5-6/h2-5H,1H2. The van der Waals surface area contributed by atoms with Crippen molar-refractivity contribution in [1.82, 2.24) is 0 Å². The largest absolute Gasteiger partial charge is 0.432 e. The van der Waals surface area contributed by atoms with Gasteiger partial charge < -0.3 is 4.74 Å². The Morgan fingerprint density at radius 1 is 1.80 bits per heavy atom. The van der Waals surface area contributed by atoms with E-state index in [1.165, 1.54) is 11.3 Å². The van der Waals surface area contributed by atoms with Gasteiger partial charge in [0.2, 0.25) is 0 Å². The number of esters is 1. The van der Waals surface area contributed by atoms with Crippen LogP contribution >= 0.6 is 11.3 Å². The third kappa shape index (κ3) is 1.45. The predicted octanol–water partition coefficient (Wildman–Crippen LogP) is 2.05. The first-order chi connectivity index (χ1) is 4.84. The molecule has 1 aromatic heterocycles. The highest BCUT2D eigenvalue weighted by Gasteiger charge is 2.03. The lowest BCUT2D eigenvalue weighted by molar-refractivity contribution is 0.0665. The summed E-state index contributed by atoms with van der Waals surface area (Å²) < 4.78 is 4.52. The maximum atomic E-state index is 10.8. The van der Waals surface area contributed by atoms with Crippen LogP contribution in [0.3, 0.4) is 0 Å². The summed E-state index contributed by atoms with van der Waals surface area (Å²) in [7, 11) is 0. The maximum Gasteiger partial charge on any atom is 0.343 e. The highest BCUT2D eigenvalue weighted by Crippen LogP contribution is 2.06. The molecule has 52 valence electrons. The Morgan fingerprint density at radius 2 is 2.60 bits per heavy atom. The van der Waals surface area contributed by atoms with E-state index in [0.717, 1.165) is 6.26 Å². The van der Waals surface area contributed by atoms with Gasteiger partial charge in [-0.2, -0.15) is 11.3 Å². The number of carbonyl (C=O) groups is 1. The van der Waals surface area contributed by atoms with Crippen molar-refractivity contribution in [3.8, 4) is 0 Å². The van der Waals surface area contributed by atoms with E-state index in [1.54, 1.807) is 11.4 Å². The quantitative estimate of drug-likeness (QED) is 0.481. The lowest BCUT2D eigenvalue weighted by atomic mass is 10.4. The van der Waals surface area contributed by atoms with Crippen LogP contribution in [0.2, 0.25) is 0 Å². The van der Waals surface area contributed by atoms with Gasteiger partial charge in [0.25, 0.3) is 0 Å². The van der Waals surface area contributed by atoms with E-state index < -0.39 is 0 Å². The average Bonchev–Trinajstić information content (AvgIpc) is 2.38. The predicted molar refractivity (Wildman–Crippen MR) is 39.9 cm³/mol. The zero-order valence-corrected chi connectivity index (χ0v) is 6.06. The Bertz CT molecular complexity index is 226. The average molecular weight is 154 g/mol. The van der Waals surface area contributed by atoms with Crippen molar-refractivity contribution in [2.45, 2.75) is 0 Å². The van der Waals surface area contributed by atoms with Crippen LogP contribution in [0, 0.1) is 0 Å². The molecule has 0 amide bonds. The topological polar surface area (TPSA) is 26.3 Å². The first kappa shape index (κ1) is 7.02. The van der Waals surface area contributed by atoms with Gasteiger partial charge in [0.15, 0.2) is 0 Å². The summed E-state index contributed by atoms with van der Waals surface area (Å²) >= 11 is 1.46. The Labute approximate surface area is 62.8 Å². The minimum Gasteiger partial charge on any atom is -0.432 e. The molecule has 3 heteroatoms. The number of thiophene rings is 1. The minimum absolute atomic E-state index is 0.351. The molecule has 0 aliphatic rings. The lowest BCUT2D eigenvalue weighted by Crippen LogP contribution is -1.96. The highest BCUT2D eigenvalue weighted by atomic mass is 32.1. The molecule has 1 heterocycles. The number of rotatable bonds is 2. The molecular formula is C7H6O2S. The van der Waals surface area contributed by atoms with Crippen LogP contribution in [0.4, 0.5) is 0 Å². The van der Waals surface area contributed by atoms with Crippen molar-refractivity contribution < 1.29 is 9.53 Å². The third-order valence-electron chi connectivity index (χ3n) is 0.947. The van der Waals surface area contributed by atoms with E-state index in [0.29, 0.717) is 5.56 Å². The summed E-state index contributed by atoms with van der Waals surface area (Å²) in [5, 5.41) is 3.55. The zero-order chi connectivity index (χ0) is 7.40. The summed E-state index contributed by atoms with van der Waals surface area (Å²) in [6, 6.07) is 1.70. The Morgan fingerprint density at radius 3 is 3.10 bits per heavy atom. The second-order valence-corrected chi connectivity index (χ2v) is 2.36. The van der Waals surface area contributed by atoms with E-state index >= 15 is 0 Å². The van der Waals surface area contributed by atoms with Gasteiger partial charge in [-0.05, 0) is 11.4 Å². The van der Waals surface area contributed by atoms with Crippen molar-refractivity contribution in [2.75, 3.05) is 0 Å². The van der Waals surface area contributed by atoms with Crippen LogP contribution in [-0.4, -0.2) is 5.97 Å². The summed E-state index contributed by atoms with van der Waals surface area (Å²) in [6.45, 7) is 3.27. The fourth-order valence-electron chi connectivity index (χ4n) is 0.524. The molecule has 0 radical (unpaired) electrons. The molecule has 0 atom stereocenters. The molecule has 0 unspecified atom stereocenters. The molecule has 1 rings (SSSR count). The van der Waals surface area contributed by atoms with E-state index in [9.17, 15) is 4.79 Å². The summed E-state index contributed by atoms with van der Waals surface area (Å²) in [4.78, 5) is 10.8. The van der Waals surface area contributed by atoms with Gasteiger partial charge >= 0.3 is 5.97 Å². The highest BCUT2D eigenvalue weighted by molar-refractivity contribution is 7.08. The molecule has 2 nitrogen and oxygen atoms in total. The van der Waals surface area contributed by atoms with Gasteiger partial charge in [-0.15, -0.1) is 0 Å². The van der Waals surface area contributed by atoms with Crippen molar-refractivity contribution >= 4 is 17.3 Å². The zero-order valence-electron chi connectivity index (χ0n) is 5.24. The molecule has 0 fully saturated rings. The molecule has 0 bridgehead atoms. The van der Waals surface area contributed by atoms with Crippen molar-refractivity contribution in [3.05, 3.63) is 35.2 Å². The number of ether oxygens (including phenoxy) is 1. The van der Waals surface area contributed by atoms with Crippen LogP contribution in [-0.2, 0) is 4.74 Å². The molecule has 0 saturated carbocycles. The minimum atomic E-state index is -0.351. The summed E-state index contributed by atoms with van der Waals surface area (Å²) in [5.74, 6) is -0.351. The van der Waals surface area contributed by atoms with Crippen molar-refractivity contribution in [2.24, 2.45) is 0 Å². The molecule has 10 heavy (non-hydrogen) atoms. The molecule has 1 aromatic rings. The third-order valence-corrected chi connectivity index (χ3v) is 1.63. The molecular weight excluding hydrogens is 148 g/mol. The molecule has 0 N–H and O–H groups in total. The van der Waals surface area contributed by atoms with Gasteiger partial charge in [0, 0.05) is 5.38 Å². The van der Waals surface area contributed by atoms with Crippen LogP contribution in [0.25, 0.3) is 0 Å². The van der Waals surface area contributed by atoms with Gasteiger partial charge in [0.1, 0.15) is 0 Å². The number of hydrogen-bond donors (Lipinski definition) is 0. The molecule has 0 spiro atoms. The van der Waals surface area contributed by atoms with Crippen LogP contribution in [0.15, 0.2) is 29.7 Å². The Kier molecular flexibility index (Phi) is 2.23. The van der Waals surface area contributed by atoms with E-state index in [-0.39, 0.29) is 5.97 Å². The van der Waals surface area contributed by atoms with Crippen molar-refractivity contribution in [3.63, 3.8) is 0 Å². The lowest BCUT2D eigenvalue weighted by Gasteiger charge is -1.91. The van der Waals surface area contributed by atoms with Crippen LogP contribution in [0.1, 0.15) is 10.4 Å². The Hall–Kier alpha value is -1.09. The monoisotopic (exact) mass is 154 g/mol. The second-order valence-electron chi connectivity index (χ2n) is 1.58. The molecule has 0 aliphatic carbocycles. The molecule has 0 aromatic carbocycles. The fourth-order valence-corrected chi connectivity index (χ4v) is 1.15. The first-order valence-corrected chi connectivity index (χ1v) is 3.63. The van der Waals surface area contributed by atoms with Gasteiger partial charge in [-0.1, -0.05) is 6.58 Å². The fraction of sp³-hybridized carbons (Fsp3) is 0. The van der Waals surface area contributed by atoms with E-state index in [1.807, 2.05) is 5.38 Å². The smallest absolute Gasteiger partial charge is 0.343 e. The number of hydrogen-bond acceptors (Lipinski definition) is 3. The van der Waals surface area contributed by atoms with Crippen LogP contribution in [0.5, 0.6) is 0 Å². The maximum absolute atomic E-state index is 10.8. The normalized spacial score (nSPS) is 8.80. The van der Waals surface area contributed by atoms with Crippen LogP contribution < -0.4 is 0 Å². The Balaban J connectivity index is 2.68. The number of carbonyl (C=O) groups excluding carboxylic acids is 1. The van der Waals surface area contributed by atoms with E-state index in [2.05, 4.69) is 11.3 Å². The summed E-state index contributed by atoms with van der Waals surface area (Å²) in [6.07, 6.45) is 1.12. The second kappa shape index (κ2) is 3.17. The SMILES string of the molecule is C=COC(=O)c1ccsc1. The van der Waals surface area contributed by atoms with Gasteiger partial charge in [-0.25, -0.2) is 4.79 Å². The molecule has 0 aliphatic heterocycles. The van der Waals surface area contributed by atoms with Gasteiger partial charge in [-0.3, -0.25) is 0 Å². The first-order valence-electron chi connectivity index (χ1n) is 2.68. The van der Waals surface area contributed by atoms with E-state index in [4.69, 9.17) is 0 Å². The summed E-state index contributed by atoms with van der Waals surface area (Å²) in [5.41, 5.74) is 0.574. The molecule has 0 saturated heterocycles. The van der Waals surface area contributed by atoms with Crippen molar-refractivity contribution in [1.29, 1.82) is 0 Å². The van der Waals surface area contributed by atoms with Gasteiger partial charge in [0.05, 0.1) is 11.8 Å².